The standard InChI is InChI=1S/C18H21N3O3/c22-9-12-7-21(8-13(12)10-23)18(24)17-16(11-5-6-11)19-14-3-1-2-4-15(14)20-17/h1-4,11-13,22-23H,5-10H2/t12-,13-/m0/s1. The number of para-hydroxylation sites is 2. The molecule has 2 N–H and O–H groups in total. The van der Waals surface area contributed by atoms with Crippen molar-refractivity contribution in [1.29, 1.82) is 0 Å². The van der Waals surface area contributed by atoms with Crippen molar-refractivity contribution in [2.45, 2.75) is 18.8 Å². The highest BCUT2D eigenvalue weighted by Crippen LogP contribution is 2.41. The molecule has 1 saturated heterocycles. The van der Waals surface area contributed by atoms with Gasteiger partial charge in [0.05, 0.1) is 16.7 Å². The summed E-state index contributed by atoms with van der Waals surface area (Å²) >= 11 is 0. The van der Waals surface area contributed by atoms with Gasteiger partial charge in [-0.3, -0.25) is 4.79 Å². The summed E-state index contributed by atoms with van der Waals surface area (Å²) in [6, 6.07) is 7.60. The Morgan fingerprint density at radius 1 is 1.04 bits per heavy atom. The molecule has 2 heterocycles. The summed E-state index contributed by atoms with van der Waals surface area (Å²) in [7, 11) is 0. The van der Waals surface area contributed by atoms with E-state index in [1.165, 1.54) is 0 Å². The molecular weight excluding hydrogens is 306 g/mol. The largest absolute Gasteiger partial charge is 0.396 e. The molecule has 0 spiro atoms. The number of fused-ring (bicyclic) bond motifs is 1. The van der Waals surface area contributed by atoms with E-state index in [0.717, 1.165) is 29.6 Å². The molecule has 2 aliphatic rings. The van der Waals surface area contributed by atoms with Gasteiger partial charge < -0.3 is 15.1 Å². The topological polar surface area (TPSA) is 86.6 Å². The van der Waals surface area contributed by atoms with Crippen LogP contribution in [0.3, 0.4) is 0 Å². The second-order valence-electron chi connectivity index (χ2n) is 6.82. The first-order valence-electron chi connectivity index (χ1n) is 8.49. The molecule has 126 valence electrons. The van der Waals surface area contributed by atoms with Gasteiger partial charge in [0.15, 0.2) is 5.69 Å². The third kappa shape index (κ3) is 2.65. The van der Waals surface area contributed by atoms with Gasteiger partial charge in [0.2, 0.25) is 0 Å². The summed E-state index contributed by atoms with van der Waals surface area (Å²) in [6.45, 7) is 0.875. The number of carbonyl (C=O) groups is 1. The Kier molecular flexibility index (Phi) is 3.94. The van der Waals surface area contributed by atoms with Crippen LogP contribution >= 0.6 is 0 Å². The Balaban J connectivity index is 1.70. The van der Waals surface area contributed by atoms with Crippen LogP contribution in [0.1, 0.15) is 34.9 Å². The first-order valence-corrected chi connectivity index (χ1v) is 8.49. The lowest BCUT2D eigenvalue weighted by atomic mass is 9.98. The van der Waals surface area contributed by atoms with Gasteiger partial charge >= 0.3 is 0 Å². The Labute approximate surface area is 140 Å². The highest BCUT2D eigenvalue weighted by molar-refractivity contribution is 5.95. The van der Waals surface area contributed by atoms with Gasteiger partial charge in [-0.2, -0.15) is 0 Å². The maximum Gasteiger partial charge on any atom is 0.274 e. The van der Waals surface area contributed by atoms with Crippen molar-refractivity contribution in [1.82, 2.24) is 14.9 Å². The number of benzene rings is 1. The van der Waals surface area contributed by atoms with Crippen molar-refractivity contribution >= 4 is 16.9 Å². The second kappa shape index (κ2) is 6.11. The van der Waals surface area contributed by atoms with Crippen LogP contribution < -0.4 is 0 Å². The molecular formula is C18H21N3O3. The zero-order valence-electron chi connectivity index (χ0n) is 13.4. The summed E-state index contributed by atoms with van der Waals surface area (Å²) in [6.07, 6.45) is 2.09. The maximum absolute atomic E-state index is 13.0. The highest BCUT2D eigenvalue weighted by Gasteiger charge is 2.38. The van der Waals surface area contributed by atoms with E-state index >= 15 is 0 Å². The van der Waals surface area contributed by atoms with E-state index in [0.29, 0.717) is 24.7 Å². The molecule has 0 unspecified atom stereocenters. The molecule has 0 radical (unpaired) electrons. The van der Waals surface area contributed by atoms with E-state index in [-0.39, 0.29) is 31.0 Å². The zero-order chi connectivity index (χ0) is 16.7. The van der Waals surface area contributed by atoms with E-state index in [4.69, 9.17) is 4.98 Å². The van der Waals surface area contributed by atoms with E-state index < -0.39 is 0 Å². The molecule has 2 atom stereocenters. The monoisotopic (exact) mass is 327 g/mol. The molecule has 1 saturated carbocycles. The summed E-state index contributed by atoms with van der Waals surface area (Å²) in [5.41, 5.74) is 2.78. The van der Waals surface area contributed by atoms with Gasteiger partial charge in [-0.05, 0) is 25.0 Å². The van der Waals surface area contributed by atoms with Crippen molar-refractivity contribution in [2.24, 2.45) is 11.8 Å². The molecule has 2 aromatic rings. The molecule has 1 aromatic heterocycles. The second-order valence-corrected chi connectivity index (χ2v) is 6.82. The lowest BCUT2D eigenvalue weighted by molar-refractivity contribution is 0.0771. The third-order valence-electron chi connectivity index (χ3n) is 5.10. The smallest absolute Gasteiger partial charge is 0.274 e. The Bertz CT molecular complexity index is 763. The van der Waals surface area contributed by atoms with Gasteiger partial charge in [-0.1, -0.05) is 12.1 Å². The van der Waals surface area contributed by atoms with Gasteiger partial charge in [-0.15, -0.1) is 0 Å². The number of aliphatic hydroxyl groups is 2. The molecule has 6 nitrogen and oxygen atoms in total. The van der Waals surface area contributed by atoms with Gasteiger partial charge in [0, 0.05) is 44.1 Å². The fourth-order valence-electron chi connectivity index (χ4n) is 3.48. The number of hydrogen-bond acceptors (Lipinski definition) is 5. The predicted molar refractivity (Wildman–Crippen MR) is 88.6 cm³/mol. The third-order valence-corrected chi connectivity index (χ3v) is 5.10. The van der Waals surface area contributed by atoms with E-state index in [9.17, 15) is 15.0 Å². The van der Waals surface area contributed by atoms with E-state index in [2.05, 4.69) is 4.98 Å². The zero-order valence-corrected chi connectivity index (χ0v) is 13.4. The molecule has 1 amide bonds. The normalized spacial score (nSPS) is 23.8. The molecule has 1 aliphatic carbocycles. The fourth-order valence-corrected chi connectivity index (χ4v) is 3.48. The van der Waals surface area contributed by atoms with Crippen molar-refractivity contribution in [3.05, 3.63) is 35.7 Å². The van der Waals surface area contributed by atoms with Gasteiger partial charge in [0.25, 0.3) is 5.91 Å². The quantitative estimate of drug-likeness (QED) is 0.880. The summed E-state index contributed by atoms with van der Waals surface area (Å²) in [4.78, 5) is 24.0. The first-order chi connectivity index (χ1) is 11.7. The average molecular weight is 327 g/mol. The number of nitrogens with zero attached hydrogens (tertiary/aromatic N) is 3. The van der Waals surface area contributed by atoms with E-state index in [1.54, 1.807) is 4.90 Å². The minimum absolute atomic E-state index is 0.0200. The number of likely N-dealkylation sites (tertiary alicyclic amines) is 1. The van der Waals surface area contributed by atoms with Crippen LogP contribution in [-0.2, 0) is 0 Å². The van der Waals surface area contributed by atoms with Crippen LogP contribution in [0.15, 0.2) is 24.3 Å². The minimum Gasteiger partial charge on any atom is -0.396 e. The molecule has 6 heteroatoms. The Morgan fingerprint density at radius 2 is 1.62 bits per heavy atom. The number of aliphatic hydroxyl groups excluding tert-OH is 2. The van der Waals surface area contributed by atoms with E-state index in [1.807, 2.05) is 24.3 Å². The van der Waals surface area contributed by atoms with Crippen LogP contribution in [0.25, 0.3) is 11.0 Å². The molecule has 1 aliphatic heterocycles. The number of carbonyl (C=O) groups excluding carboxylic acids is 1. The van der Waals surface area contributed by atoms with Crippen molar-refractivity contribution < 1.29 is 15.0 Å². The number of hydrogen-bond donors (Lipinski definition) is 2. The lowest BCUT2D eigenvalue weighted by Crippen LogP contribution is -2.31. The SMILES string of the molecule is O=C(c1nc2ccccc2nc1C1CC1)N1C[C@@H](CO)[C@H](CO)C1. The van der Waals surface area contributed by atoms with Crippen molar-refractivity contribution in [3.8, 4) is 0 Å². The molecule has 2 fully saturated rings. The van der Waals surface area contributed by atoms with Crippen LogP contribution in [-0.4, -0.2) is 57.3 Å². The Morgan fingerprint density at radius 3 is 2.17 bits per heavy atom. The highest BCUT2D eigenvalue weighted by atomic mass is 16.3. The predicted octanol–water partition coefficient (Wildman–Crippen LogP) is 1.18. The van der Waals surface area contributed by atoms with Gasteiger partial charge in [0.1, 0.15) is 0 Å². The van der Waals surface area contributed by atoms with Crippen molar-refractivity contribution in [2.75, 3.05) is 26.3 Å². The first kappa shape index (κ1) is 15.5. The number of aromatic nitrogens is 2. The minimum atomic E-state index is -0.135. The van der Waals surface area contributed by atoms with Crippen LogP contribution in [0.5, 0.6) is 0 Å². The average Bonchev–Trinajstić information content (AvgIpc) is 3.38. The van der Waals surface area contributed by atoms with Crippen LogP contribution in [0.2, 0.25) is 0 Å². The number of rotatable bonds is 4. The number of amides is 1. The van der Waals surface area contributed by atoms with Crippen LogP contribution in [0.4, 0.5) is 0 Å². The summed E-state index contributed by atoms with van der Waals surface area (Å²) < 4.78 is 0. The van der Waals surface area contributed by atoms with Crippen molar-refractivity contribution in [3.63, 3.8) is 0 Å². The Hall–Kier alpha value is -2.05. The fraction of sp³-hybridized carbons (Fsp3) is 0.500. The maximum atomic E-state index is 13.0. The molecule has 0 bridgehead atoms. The summed E-state index contributed by atoms with van der Waals surface area (Å²) in [5.74, 6) is 0.0453. The molecule has 24 heavy (non-hydrogen) atoms. The lowest BCUT2D eigenvalue weighted by Gasteiger charge is -2.17. The summed E-state index contributed by atoms with van der Waals surface area (Å²) in [5, 5.41) is 18.9. The van der Waals surface area contributed by atoms with Gasteiger partial charge in [-0.25, -0.2) is 9.97 Å². The molecule has 1 aromatic carbocycles. The molecule has 4 rings (SSSR count). The van der Waals surface area contributed by atoms with Crippen LogP contribution in [0, 0.1) is 11.8 Å².